The van der Waals surface area contributed by atoms with Gasteiger partial charge in [-0.3, -0.25) is 0 Å². The van der Waals surface area contributed by atoms with Gasteiger partial charge in [0.05, 0.1) is 24.4 Å². The molecule has 4 nitrogen and oxygen atoms in total. The fourth-order valence-electron chi connectivity index (χ4n) is 1.96. The lowest BCUT2D eigenvalue weighted by molar-refractivity contribution is 0.117. The van der Waals surface area contributed by atoms with Gasteiger partial charge in [-0.1, -0.05) is 6.92 Å². The van der Waals surface area contributed by atoms with Crippen LogP contribution in [0.1, 0.15) is 36.5 Å². The van der Waals surface area contributed by atoms with Crippen molar-refractivity contribution >= 4 is 11.3 Å². The SMILES string of the molecule is CCCOCc1nc(C2CC(OC)CN2)cs1. The molecule has 1 fully saturated rings. The third-order valence-corrected chi connectivity index (χ3v) is 3.76. The van der Waals surface area contributed by atoms with Gasteiger partial charge in [0.2, 0.25) is 0 Å². The van der Waals surface area contributed by atoms with Crippen LogP contribution in [0.15, 0.2) is 5.38 Å². The van der Waals surface area contributed by atoms with Crippen molar-refractivity contribution in [3.05, 3.63) is 16.1 Å². The van der Waals surface area contributed by atoms with E-state index in [1.807, 2.05) is 0 Å². The van der Waals surface area contributed by atoms with E-state index < -0.39 is 0 Å². The molecular formula is C12H20N2O2S. The summed E-state index contributed by atoms with van der Waals surface area (Å²) in [6, 6.07) is 0.344. The van der Waals surface area contributed by atoms with E-state index in [2.05, 4.69) is 22.6 Å². The summed E-state index contributed by atoms with van der Waals surface area (Å²) in [6.45, 7) is 4.47. The van der Waals surface area contributed by atoms with Crippen LogP contribution in [0.25, 0.3) is 0 Å². The van der Waals surface area contributed by atoms with E-state index in [0.717, 1.165) is 36.7 Å². The minimum atomic E-state index is 0.321. The molecule has 1 aliphatic rings. The molecule has 0 radical (unpaired) electrons. The van der Waals surface area contributed by atoms with Gasteiger partial charge in [-0.2, -0.15) is 0 Å². The molecule has 1 N–H and O–H groups in total. The summed E-state index contributed by atoms with van der Waals surface area (Å²) in [5, 5.41) is 6.62. The van der Waals surface area contributed by atoms with Crippen LogP contribution in [0.2, 0.25) is 0 Å². The highest BCUT2D eigenvalue weighted by atomic mass is 32.1. The van der Waals surface area contributed by atoms with Gasteiger partial charge in [0.25, 0.3) is 0 Å². The van der Waals surface area contributed by atoms with Crippen molar-refractivity contribution in [2.75, 3.05) is 20.3 Å². The monoisotopic (exact) mass is 256 g/mol. The Morgan fingerprint density at radius 3 is 3.18 bits per heavy atom. The summed E-state index contributed by atoms with van der Waals surface area (Å²) in [6.07, 6.45) is 2.38. The van der Waals surface area contributed by atoms with E-state index in [9.17, 15) is 0 Å². The molecule has 2 heterocycles. The van der Waals surface area contributed by atoms with Crippen LogP contribution in [0.4, 0.5) is 0 Å². The Morgan fingerprint density at radius 2 is 2.47 bits per heavy atom. The Labute approximate surface area is 106 Å². The number of hydrogen-bond donors (Lipinski definition) is 1. The minimum Gasteiger partial charge on any atom is -0.380 e. The standard InChI is InChI=1S/C12H20N2O2S/c1-3-4-16-7-12-14-11(8-17-12)10-5-9(15-2)6-13-10/h8-10,13H,3-7H2,1-2H3. The third kappa shape index (κ3) is 3.48. The van der Waals surface area contributed by atoms with Gasteiger partial charge in [0.15, 0.2) is 0 Å². The van der Waals surface area contributed by atoms with Crippen LogP contribution in [-0.2, 0) is 16.1 Å². The maximum atomic E-state index is 5.49. The highest BCUT2D eigenvalue weighted by Crippen LogP contribution is 2.26. The third-order valence-electron chi connectivity index (χ3n) is 2.92. The predicted octanol–water partition coefficient (Wildman–Crippen LogP) is 2.12. The van der Waals surface area contributed by atoms with Crippen molar-refractivity contribution < 1.29 is 9.47 Å². The van der Waals surface area contributed by atoms with E-state index in [4.69, 9.17) is 9.47 Å². The average Bonchev–Trinajstić information content (AvgIpc) is 2.97. The fraction of sp³-hybridized carbons (Fsp3) is 0.750. The average molecular weight is 256 g/mol. The molecule has 2 atom stereocenters. The Kier molecular flexibility index (Phi) is 4.91. The molecule has 17 heavy (non-hydrogen) atoms. The summed E-state index contributed by atoms with van der Waals surface area (Å²) >= 11 is 1.68. The van der Waals surface area contributed by atoms with Crippen LogP contribution in [-0.4, -0.2) is 31.3 Å². The maximum absolute atomic E-state index is 5.49. The van der Waals surface area contributed by atoms with Crippen molar-refractivity contribution in [1.29, 1.82) is 0 Å². The Hall–Kier alpha value is -0.490. The molecule has 0 aromatic carbocycles. The minimum absolute atomic E-state index is 0.321. The number of methoxy groups -OCH3 is 1. The first-order valence-electron chi connectivity index (χ1n) is 6.11. The van der Waals surface area contributed by atoms with E-state index in [1.54, 1.807) is 18.4 Å². The molecule has 1 aromatic heterocycles. The predicted molar refractivity (Wildman–Crippen MR) is 68.2 cm³/mol. The van der Waals surface area contributed by atoms with Crippen LogP contribution < -0.4 is 5.32 Å². The molecule has 1 aromatic rings. The van der Waals surface area contributed by atoms with E-state index >= 15 is 0 Å². The van der Waals surface area contributed by atoms with Crippen molar-refractivity contribution in [1.82, 2.24) is 10.3 Å². The van der Waals surface area contributed by atoms with E-state index in [0.29, 0.717) is 18.8 Å². The van der Waals surface area contributed by atoms with Gasteiger partial charge in [0, 0.05) is 25.6 Å². The zero-order valence-electron chi connectivity index (χ0n) is 10.4. The van der Waals surface area contributed by atoms with Gasteiger partial charge >= 0.3 is 0 Å². The van der Waals surface area contributed by atoms with E-state index in [-0.39, 0.29) is 0 Å². The summed E-state index contributed by atoms with van der Waals surface area (Å²) in [5.41, 5.74) is 1.13. The van der Waals surface area contributed by atoms with Crippen LogP contribution in [0.3, 0.4) is 0 Å². The van der Waals surface area contributed by atoms with Gasteiger partial charge in [0.1, 0.15) is 5.01 Å². The normalized spacial score (nSPS) is 24.4. The number of nitrogens with one attached hydrogen (secondary N) is 1. The number of ether oxygens (including phenoxy) is 2. The first-order valence-corrected chi connectivity index (χ1v) is 6.99. The summed E-state index contributed by atoms with van der Waals surface area (Å²) in [7, 11) is 1.76. The van der Waals surface area contributed by atoms with Crippen LogP contribution in [0, 0.1) is 0 Å². The zero-order chi connectivity index (χ0) is 12.1. The topological polar surface area (TPSA) is 43.4 Å². The number of nitrogens with zero attached hydrogens (tertiary/aromatic N) is 1. The molecule has 0 amide bonds. The maximum Gasteiger partial charge on any atom is 0.119 e. The first-order chi connectivity index (χ1) is 8.33. The molecule has 0 bridgehead atoms. The Morgan fingerprint density at radius 1 is 1.59 bits per heavy atom. The van der Waals surface area contributed by atoms with Crippen molar-refractivity contribution in [2.45, 2.75) is 38.5 Å². The van der Waals surface area contributed by atoms with Crippen LogP contribution >= 0.6 is 11.3 Å². The second-order valence-corrected chi connectivity index (χ2v) is 5.22. The van der Waals surface area contributed by atoms with Crippen molar-refractivity contribution in [3.8, 4) is 0 Å². The van der Waals surface area contributed by atoms with Gasteiger partial charge in [-0.05, 0) is 12.8 Å². The smallest absolute Gasteiger partial charge is 0.119 e. The number of hydrogen-bond acceptors (Lipinski definition) is 5. The molecule has 0 spiro atoms. The number of thiazole rings is 1. The fourth-order valence-corrected chi connectivity index (χ4v) is 2.75. The number of aromatic nitrogens is 1. The Bertz CT molecular complexity index is 343. The van der Waals surface area contributed by atoms with Crippen molar-refractivity contribution in [3.63, 3.8) is 0 Å². The quantitative estimate of drug-likeness (QED) is 0.792. The Balaban J connectivity index is 1.85. The molecule has 1 aliphatic heterocycles. The highest BCUT2D eigenvalue weighted by Gasteiger charge is 2.26. The largest absolute Gasteiger partial charge is 0.380 e. The van der Waals surface area contributed by atoms with Gasteiger partial charge in [-0.15, -0.1) is 11.3 Å². The molecule has 96 valence electrons. The summed E-state index contributed by atoms with van der Waals surface area (Å²) < 4.78 is 10.8. The molecule has 1 saturated heterocycles. The lowest BCUT2D eigenvalue weighted by Crippen LogP contribution is -2.16. The summed E-state index contributed by atoms with van der Waals surface area (Å²) in [4.78, 5) is 4.61. The highest BCUT2D eigenvalue weighted by molar-refractivity contribution is 7.09. The lowest BCUT2D eigenvalue weighted by Gasteiger charge is -2.06. The van der Waals surface area contributed by atoms with Gasteiger partial charge < -0.3 is 14.8 Å². The molecule has 0 aliphatic carbocycles. The molecule has 5 heteroatoms. The molecule has 0 saturated carbocycles. The summed E-state index contributed by atoms with van der Waals surface area (Å²) in [5.74, 6) is 0. The van der Waals surface area contributed by atoms with Gasteiger partial charge in [-0.25, -0.2) is 4.98 Å². The second-order valence-electron chi connectivity index (χ2n) is 4.27. The van der Waals surface area contributed by atoms with Crippen molar-refractivity contribution in [2.24, 2.45) is 0 Å². The molecule has 2 unspecified atom stereocenters. The zero-order valence-corrected chi connectivity index (χ0v) is 11.3. The first kappa shape index (κ1) is 13.0. The molecule has 2 rings (SSSR count). The second kappa shape index (κ2) is 6.44. The lowest BCUT2D eigenvalue weighted by atomic mass is 10.1. The number of rotatable bonds is 6. The van der Waals surface area contributed by atoms with E-state index in [1.165, 1.54) is 0 Å². The van der Waals surface area contributed by atoms with Crippen LogP contribution in [0.5, 0.6) is 0 Å². The molecular weight excluding hydrogens is 236 g/mol.